The van der Waals surface area contributed by atoms with Crippen molar-refractivity contribution in [3.05, 3.63) is 23.2 Å². The van der Waals surface area contributed by atoms with Crippen LogP contribution in [0.3, 0.4) is 0 Å². The average molecular weight is 313 g/mol. The number of hydrogen-bond donors (Lipinski definition) is 2. The van der Waals surface area contributed by atoms with Gasteiger partial charge in [-0.1, -0.05) is 11.6 Å². The summed E-state index contributed by atoms with van der Waals surface area (Å²) in [5, 5.41) is 6.55. The topological polar surface area (TPSA) is 59.6 Å². The van der Waals surface area contributed by atoms with Crippen LogP contribution in [0.2, 0.25) is 5.02 Å². The van der Waals surface area contributed by atoms with Crippen molar-refractivity contribution in [1.82, 2.24) is 5.32 Å². The number of carbonyl (C=O) groups excluding carboxylic acids is 1. The SMILES string of the molecule is COc1ccc(Cl)c(NC(=O)CCOC2CCNCC2)c1. The highest BCUT2D eigenvalue weighted by Crippen LogP contribution is 2.26. The van der Waals surface area contributed by atoms with Crippen molar-refractivity contribution in [3.8, 4) is 5.75 Å². The van der Waals surface area contributed by atoms with Crippen molar-refractivity contribution in [2.24, 2.45) is 0 Å². The van der Waals surface area contributed by atoms with E-state index in [1.807, 2.05) is 0 Å². The molecule has 1 fully saturated rings. The largest absolute Gasteiger partial charge is 0.497 e. The van der Waals surface area contributed by atoms with Crippen LogP contribution < -0.4 is 15.4 Å². The van der Waals surface area contributed by atoms with Crippen molar-refractivity contribution in [1.29, 1.82) is 0 Å². The molecule has 0 spiro atoms. The molecule has 0 aromatic heterocycles. The molecule has 21 heavy (non-hydrogen) atoms. The number of amides is 1. The van der Waals surface area contributed by atoms with Gasteiger partial charge in [0, 0.05) is 6.07 Å². The molecule has 1 aliphatic rings. The first-order valence-electron chi connectivity index (χ1n) is 7.15. The standard InChI is InChI=1S/C15H21ClN2O3/c1-20-12-2-3-13(16)14(10-12)18-15(19)6-9-21-11-4-7-17-8-5-11/h2-3,10-11,17H,4-9H2,1H3,(H,18,19). The van der Waals surface area contributed by atoms with Crippen LogP contribution in [0.4, 0.5) is 5.69 Å². The van der Waals surface area contributed by atoms with E-state index in [0.29, 0.717) is 29.5 Å². The predicted octanol–water partition coefficient (Wildman–Crippen LogP) is 2.45. The van der Waals surface area contributed by atoms with Crippen LogP contribution in [-0.4, -0.2) is 38.8 Å². The molecule has 116 valence electrons. The van der Waals surface area contributed by atoms with Crippen molar-refractivity contribution in [3.63, 3.8) is 0 Å². The molecule has 0 unspecified atom stereocenters. The molecule has 0 atom stereocenters. The van der Waals surface area contributed by atoms with Crippen LogP contribution in [0.5, 0.6) is 5.75 Å². The zero-order chi connectivity index (χ0) is 15.1. The highest BCUT2D eigenvalue weighted by Gasteiger charge is 2.14. The monoisotopic (exact) mass is 312 g/mol. The fraction of sp³-hybridized carbons (Fsp3) is 0.533. The normalized spacial score (nSPS) is 15.7. The van der Waals surface area contributed by atoms with E-state index in [9.17, 15) is 4.79 Å². The number of piperidine rings is 1. The Labute approximate surface area is 130 Å². The Balaban J connectivity index is 1.76. The van der Waals surface area contributed by atoms with Crippen molar-refractivity contribution in [2.75, 3.05) is 32.1 Å². The number of anilines is 1. The number of methoxy groups -OCH3 is 1. The van der Waals surface area contributed by atoms with Crippen LogP contribution in [-0.2, 0) is 9.53 Å². The van der Waals surface area contributed by atoms with Gasteiger partial charge in [-0.3, -0.25) is 4.79 Å². The summed E-state index contributed by atoms with van der Waals surface area (Å²) in [7, 11) is 1.57. The summed E-state index contributed by atoms with van der Waals surface area (Å²) in [6.45, 7) is 2.39. The van der Waals surface area contributed by atoms with Gasteiger partial charge < -0.3 is 20.1 Å². The number of ether oxygens (including phenoxy) is 2. The number of halogens is 1. The molecule has 1 heterocycles. The first-order valence-corrected chi connectivity index (χ1v) is 7.52. The molecule has 6 heteroatoms. The van der Waals surface area contributed by atoms with E-state index in [1.54, 1.807) is 25.3 Å². The smallest absolute Gasteiger partial charge is 0.226 e. The van der Waals surface area contributed by atoms with Crippen LogP contribution in [0.1, 0.15) is 19.3 Å². The molecule has 0 radical (unpaired) electrons. The van der Waals surface area contributed by atoms with Gasteiger partial charge in [-0.05, 0) is 38.1 Å². The van der Waals surface area contributed by atoms with Gasteiger partial charge in [-0.15, -0.1) is 0 Å². The minimum absolute atomic E-state index is 0.112. The molecule has 0 bridgehead atoms. The molecule has 1 aromatic carbocycles. The Morgan fingerprint density at radius 1 is 1.43 bits per heavy atom. The summed E-state index contributed by atoms with van der Waals surface area (Å²) < 4.78 is 10.8. The summed E-state index contributed by atoms with van der Waals surface area (Å²) in [6.07, 6.45) is 2.59. The number of rotatable bonds is 6. The molecule has 0 saturated carbocycles. The Hall–Kier alpha value is -1.30. The van der Waals surface area contributed by atoms with Gasteiger partial charge >= 0.3 is 0 Å². The van der Waals surface area contributed by atoms with E-state index in [0.717, 1.165) is 25.9 Å². The lowest BCUT2D eigenvalue weighted by Gasteiger charge is -2.22. The quantitative estimate of drug-likeness (QED) is 0.847. The van der Waals surface area contributed by atoms with Gasteiger partial charge in [-0.25, -0.2) is 0 Å². The Kier molecular flexibility index (Phi) is 6.29. The van der Waals surface area contributed by atoms with E-state index in [4.69, 9.17) is 21.1 Å². The summed E-state index contributed by atoms with van der Waals surface area (Å²) in [6, 6.07) is 5.15. The minimum atomic E-state index is -0.112. The van der Waals surface area contributed by atoms with Crippen molar-refractivity contribution >= 4 is 23.2 Å². The van der Waals surface area contributed by atoms with Crippen LogP contribution in [0.15, 0.2) is 18.2 Å². The summed E-state index contributed by atoms with van der Waals surface area (Å²) in [5.41, 5.74) is 0.558. The third-order valence-electron chi connectivity index (χ3n) is 3.42. The summed E-state index contributed by atoms with van der Waals surface area (Å²) >= 11 is 6.04. The first-order chi connectivity index (χ1) is 10.2. The van der Waals surface area contributed by atoms with Crippen molar-refractivity contribution < 1.29 is 14.3 Å². The Morgan fingerprint density at radius 3 is 2.90 bits per heavy atom. The summed E-state index contributed by atoms with van der Waals surface area (Å²) in [5.74, 6) is 0.541. The molecule has 2 N–H and O–H groups in total. The number of carbonyl (C=O) groups is 1. The van der Waals surface area contributed by atoms with Gasteiger partial charge in [0.25, 0.3) is 0 Å². The van der Waals surface area contributed by atoms with Gasteiger partial charge in [0.2, 0.25) is 5.91 Å². The van der Waals surface area contributed by atoms with E-state index >= 15 is 0 Å². The number of hydrogen-bond acceptors (Lipinski definition) is 4. The highest BCUT2D eigenvalue weighted by atomic mass is 35.5. The van der Waals surface area contributed by atoms with Gasteiger partial charge in [-0.2, -0.15) is 0 Å². The lowest BCUT2D eigenvalue weighted by molar-refractivity contribution is -0.117. The molecular weight excluding hydrogens is 292 g/mol. The average Bonchev–Trinajstić information content (AvgIpc) is 2.50. The van der Waals surface area contributed by atoms with E-state index in [2.05, 4.69) is 10.6 Å². The maximum absolute atomic E-state index is 11.9. The number of nitrogens with one attached hydrogen (secondary N) is 2. The molecule has 2 rings (SSSR count). The lowest BCUT2D eigenvalue weighted by Crippen LogP contribution is -2.33. The van der Waals surface area contributed by atoms with Crippen LogP contribution in [0.25, 0.3) is 0 Å². The van der Waals surface area contributed by atoms with Crippen LogP contribution in [0, 0.1) is 0 Å². The Morgan fingerprint density at radius 2 is 2.19 bits per heavy atom. The highest BCUT2D eigenvalue weighted by molar-refractivity contribution is 6.33. The minimum Gasteiger partial charge on any atom is -0.497 e. The van der Waals surface area contributed by atoms with Crippen LogP contribution >= 0.6 is 11.6 Å². The third kappa shape index (κ3) is 5.19. The summed E-state index contributed by atoms with van der Waals surface area (Å²) in [4.78, 5) is 11.9. The molecule has 1 amide bonds. The van der Waals surface area contributed by atoms with Gasteiger partial charge in [0.1, 0.15) is 5.75 Å². The maximum Gasteiger partial charge on any atom is 0.226 e. The zero-order valence-electron chi connectivity index (χ0n) is 12.2. The molecular formula is C15H21ClN2O3. The van der Waals surface area contributed by atoms with Crippen molar-refractivity contribution in [2.45, 2.75) is 25.4 Å². The second kappa shape index (κ2) is 8.22. The lowest BCUT2D eigenvalue weighted by atomic mass is 10.1. The first kappa shape index (κ1) is 16.1. The Bertz CT molecular complexity index is 476. The van der Waals surface area contributed by atoms with E-state index in [-0.39, 0.29) is 12.0 Å². The molecule has 1 aromatic rings. The molecule has 5 nitrogen and oxygen atoms in total. The number of benzene rings is 1. The second-order valence-corrected chi connectivity index (χ2v) is 5.37. The van der Waals surface area contributed by atoms with E-state index < -0.39 is 0 Å². The zero-order valence-corrected chi connectivity index (χ0v) is 12.9. The molecule has 1 saturated heterocycles. The fourth-order valence-corrected chi connectivity index (χ4v) is 2.39. The molecule has 0 aliphatic carbocycles. The van der Waals surface area contributed by atoms with Gasteiger partial charge in [0.05, 0.1) is 37.0 Å². The maximum atomic E-state index is 11.9. The van der Waals surface area contributed by atoms with Gasteiger partial charge in [0.15, 0.2) is 0 Å². The molecule has 1 aliphatic heterocycles. The predicted molar refractivity (Wildman–Crippen MR) is 83.1 cm³/mol. The second-order valence-electron chi connectivity index (χ2n) is 4.96. The van der Waals surface area contributed by atoms with E-state index in [1.165, 1.54) is 0 Å². The third-order valence-corrected chi connectivity index (χ3v) is 3.75. The fourth-order valence-electron chi connectivity index (χ4n) is 2.22.